The summed E-state index contributed by atoms with van der Waals surface area (Å²) in [7, 11) is 0. The minimum Gasteiger partial charge on any atom is -0.323 e. The second-order valence-corrected chi connectivity index (χ2v) is 6.38. The lowest BCUT2D eigenvalue weighted by atomic mass is 9.77. The van der Waals surface area contributed by atoms with E-state index < -0.39 is 17.5 Å². The molecule has 1 aromatic heterocycles. The largest absolute Gasteiger partial charge is 0.325 e. The van der Waals surface area contributed by atoms with Gasteiger partial charge in [-0.15, -0.1) is 0 Å². The molecule has 0 aromatic carbocycles. The predicted molar refractivity (Wildman–Crippen MR) is 83.5 cm³/mol. The Labute approximate surface area is 134 Å². The van der Waals surface area contributed by atoms with Gasteiger partial charge in [0.15, 0.2) is 0 Å². The molecule has 2 aliphatic rings. The van der Waals surface area contributed by atoms with Crippen LogP contribution in [0.3, 0.4) is 0 Å². The lowest BCUT2D eigenvalue weighted by Gasteiger charge is -2.33. The van der Waals surface area contributed by atoms with Gasteiger partial charge in [-0.2, -0.15) is 0 Å². The normalized spacial score (nSPS) is 27.2. The first-order valence-electron chi connectivity index (χ1n) is 7.84. The van der Waals surface area contributed by atoms with Gasteiger partial charge < -0.3 is 10.6 Å². The number of aromatic nitrogens is 1. The maximum atomic E-state index is 12.6. The molecule has 1 aliphatic heterocycles. The fourth-order valence-electron chi connectivity index (χ4n) is 3.19. The Kier molecular flexibility index (Phi) is 4.02. The molecule has 1 saturated heterocycles. The van der Waals surface area contributed by atoms with Crippen molar-refractivity contribution in [3.05, 3.63) is 24.5 Å². The number of rotatable bonds is 3. The van der Waals surface area contributed by atoms with Gasteiger partial charge >= 0.3 is 6.03 Å². The van der Waals surface area contributed by atoms with Crippen LogP contribution in [0.4, 0.5) is 10.5 Å². The van der Waals surface area contributed by atoms with Gasteiger partial charge in [-0.3, -0.25) is 19.5 Å². The fraction of sp³-hybridized carbons (Fsp3) is 0.500. The Bertz CT molecular complexity index is 623. The van der Waals surface area contributed by atoms with Gasteiger partial charge in [-0.25, -0.2) is 4.79 Å². The van der Waals surface area contributed by atoms with Crippen LogP contribution in [0.5, 0.6) is 0 Å². The van der Waals surface area contributed by atoms with Crippen molar-refractivity contribution < 1.29 is 14.4 Å². The van der Waals surface area contributed by atoms with Crippen molar-refractivity contribution in [2.24, 2.45) is 5.92 Å². The van der Waals surface area contributed by atoms with Crippen molar-refractivity contribution in [2.45, 2.75) is 38.1 Å². The summed E-state index contributed by atoms with van der Waals surface area (Å²) in [6.07, 6.45) is 6.19. The zero-order valence-electron chi connectivity index (χ0n) is 13.0. The van der Waals surface area contributed by atoms with Gasteiger partial charge in [0.2, 0.25) is 5.91 Å². The Morgan fingerprint density at radius 1 is 1.43 bits per heavy atom. The summed E-state index contributed by atoms with van der Waals surface area (Å²) >= 11 is 0. The minimum atomic E-state index is -0.807. The minimum absolute atomic E-state index is 0.281. The lowest BCUT2D eigenvalue weighted by Crippen LogP contribution is -2.49. The van der Waals surface area contributed by atoms with E-state index in [1.807, 2.05) is 0 Å². The molecule has 7 heteroatoms. The number of imide groups is 1. The standard InChI is InChI=1S/C16H20N4O3/c1-11-4-6-16(7-5-11)14(22)20(15(23)19-16)10-13(21)18-12-3-2-8-17-9-12/h2-3,8-9,11H,4-7,10H2,1H3,(H,18,21)(H,19,23). The van der Waals surface area contributed by atoms with Crippen LogP contribution in [0.15, 0.2) is 24.5 Å². The number of anilines is 1. The van der Waals surface area contributed by atoms with Gasteiger partial charge in [0.25, 0.3) is 5.91 Å². The van der Waals surface area contributed by atoms with E-state index in [0.717, 1.165) is 17.7 Å². The predicted octanol–water partition coefficient (Wildman–Crippen LogP) is 1.52. The van der Waals surface area contributed by atoms with Crippen LogP contribution < -0.4 is 10.6 Å². The highest BCUT2D eigenvalue weighted by Crippen LogP contribution is 2.36. The molecule has 122 valence electrons. The zero-order valence-corrected chi connectivity index (χ0v) is 13.0. The highest BCUT2D eigenvalue weighted by Gasteiger charge is 2.52. The number of carbonyl (C=O) groups excluding carboxylic acids is 3. The quantitative estimate of drug-likeness (QED) is 0.827. The second kappa shape index (κ2) is 5.98. The molecule has 0 unspecified atom stereocenters. The Morgan fingerprint density at radius 2 is 2.17 bits per heavy atom. The maximum absolute atomic E-state index is 12.6. The molecule has 2 fully saturated rings. The van der Waals surface area contributed by atoms with Crippen LogP contribution in [0.1, 0.15) is 32.6 Å². The van der Waals surface area contributed by atoms with Crippen LogP contribution in [-0.2, 0) is 9.59 Å². The number of nitrogens with one attached hydrogen (secondary N) is 2. The van der Waals surface area contributed by atoms with E-state index in [2.05, 4.69) is 22.5 Å². The van der Waals surface area contributed by atoms with Crippen molar-refractivity contribution in [1.82, 2.24) is 15.2 Å². The van der Waals surface area contributed by atoms with Gasteiger partial charge in [-0.1, -0.05) is 6.92 Å². The third kappa shape index (κ3) is 3.04. The molecule has 0 bridgehead atoms. The van der Waals surface area contributed by atoms with Crippen LogP contribution in [-0.4, -0.2) is 39.8 Å². The first kappa shape index (κ1) is 15.5. The topological polar surface area (TPSA) is 91.4 Å². The summed E-state index contributed by atoms with van der Waals surface area (Å²) in [6.45, 7) is 1.87. The highest BCUT2D eigenvalue weighted by atomic mass is 16.2. The number of carbonyl (C=O) groups is 3. The summed E-state index contributed by atoms with van der Waals surface area (Å²) in [5, 5.41) is 5.44. The van der Waals surface area contributed by atoms with Crippen molar-refractivity contribution >= 4 is 23.5 Å². The molecule has 7 nitrogen and oxygen atoms in total. The number of amides is 4. The second-order valence-electron chi connectivity index (χ2n) is 6.38. The number of urea groups is 1. The van der Waals surface area contributed by atoms with Crippen molar-refractivity contribution in [1.29, 1.82) is 0 Å². The number of nitrogens with zero attached hydrogens (tertiary/aromatic N) is 2. The summed E-state index contributed by atoms with van der Waals surface area (Å²) in [5.74, 6) is -0.133. The molecule has 1 saturated carbocycles. The molecule has 1 spiro atoms. The molecular formula is C16H20N4O3. The lowest BCUT2D eigenvalue weighted by molar-refractivity contribution is -0.135. The van der Waals surface area contributed by atoms with E-state index in [4.69, 9.17) is 0 Å². The SMILES string of the molecule is CC1CCC2(CC1)NC(=O)N(CC(=O)Nc1cccnc1)C2=O. The Hall–Kier alpha value is -2.44. The molecule has 1 aliphatic carbocycles. The molecule has 3 rings (SSSR count). The Morgan fingerprint density at radius 3 is 2.83 bits per heavy atom. The maximum Gasteiger partial charge on any atom is 0.325 e. The van der Waals surface area contributed by atoms with E-state index in [1.165, 1.54) is 6.20 Å². The molecule has 0 atom stereocenters. The summed E-state index contributed by atoms with van der Waals surface area (Å²) in [4.78, 5) is 41.8. The average molecular weight is 316 g/mol. The first-order chi connectivity index (χ1) is 11.0. The van der Waals surface area contributed by atoms with Crippen LogP contribution in [0, 0.1) is 5.92 Å². The van der Waals surface area contributed by atoms with Crippen LogP contribution >= 0.6 is 0 Å². The van der Waals surface area contributed by atoms with Gasteiger partial charge in [0, 0.05) is 6.20 Å². The molecular weight excluding hydrogens is 296 g/mol. The molecule has 0 radical (unpaired) electrons. The number of pyridine rings is 1. The third-order valence-corrected chi connectivity index (χ3v) is 4.62. The molecule has 2 N–H and O–H groups in total. The molecule has 2 heterocycles. The van der Waals surface area contributed by atoms with E-state index in [0.29, 0.717) is 24.4 Å². The third-order valence-electron chi connectivity index (χ3n) is 4.62. The van der Waals surface area contributed by atoms with Crippen molar-refractivity contribution in [3.8, 4) is 0 Å². The van der Waals surface area contributed by atoms with Gasteiger partial charge in [0.1, 0.15) is 12.1 Å². The summed E-state index contributed by atoms with van der Waals surface area (Å²) in [5.41, 5.74) is -0.274. The van der Waals surface area contributed by atoms with Crippen molar-refractivity contribution in [2.75, 3.05) is 11.9 Å². The monoisotopic (exact) mass is 316 g/mol. The van der Waals surface area contributed by atoms with E-state index >= 15 is 0 Å². The van der Waals surface area contributed by atoms with E-state index in [-0.39, 0.29) is 12.5 Å². The summed E-state index contributed by atoms with van der Waals surface area (Å²) < 4.78 is 0. The average Bonchev–Trinajstić information content (AvgIpc) is 2.76. The Balaban J connectivity index is 1.65. The van der Waals surface area contributed by atoms with E-state index in [1.54, 1.807) is 18.3 Å². The van der Waals surface area contributed by atoms with Crippen molar-refractivity contribution in [3.63, 3.8) is 0 Å². The van der Waals surface area contributed by atoms with Crippen LogP contribution in [0.25, 0.3) is 0 Å². The zero-order chi connectivity index (χ0) is 16.4. The smallest absolute Gasteiger partial charge is 0.323 e. The first-order valence-corrected chi connectivity index (χ1v) is 7.84. The van der Waals surface area contributed by atoms with Gasteiger partial charge in [-0.05, 0) is 43.7 Å². The highest BCUT2D eigenvalue weighted by molar-refractivity contribution is 6.10. The van der Waals surface area contributed by atoms with E-state index in [9.17, 15) is 14.4 Å². The molecule has 4 amide bonds. The fourth-order valence-corrected chi connectivity index (χ4v) is 3.19. The molecule has 1 aromatic rings. The molecule has 23 heavy (non-hydrogen) atoms. The number of hydrogen-bond acceptors (Lipinski definition) is 4. The number of hydrogen-bond donors (Lipinski definition) is 2. The van der Waals surface area contributed by atoms with Gasteiger partial charge in [0.05, 0.1) is 11.9 Å². The van der Waals surface area contributed by atoms with Crippen LogP contribution in [0.2, 0.25) is 0 Å². The summed E-state index contributed by atoms with van der Waals surface area (Å²) in [6, 6.07) is 2.91.